The third-order valence-corrected chi connectivity index (χ3v) is 2.26. The molecule has 0 saturated heterocycles. The molecular weight excluding hydrogens is 302 g/mol. The Bertz CT molecular complexity index is 397. The molecule has 1 aliphatic rings. The first-order valence-electron chi connectivity index (χ1n) is 4.56. The molecule has 2 aromatic rings. The number of anilines is 2. The Labute approximate surface area is 105 Å². The Morgan fingerprint density at radius 2 is 1.20 bits per heavy atom. The van der Waals surface area contributed by atoms with Crippen LogP contribution in [0.1, 0.15) is 0 Å². The van der Waals surface area contributed by atoms with Crippen LogP contribution in [0, 0.1) is 0 Å². The Kier molecular flexibility index (Phi) is 2.86. The van der Waals surface area contributed by atoms with Gasteiger partial charge in [-0.05, 0) is 24.3 Å². The Hall–Kier alpha value is -1.17. The van der Waals surface area contributed by atoms with Crippen LogP contribution in [0.2, 0.25) is 0 Å². The molecule has 2 radical (unpaired) electrons. The molecule has 1 N–H and O–H groups in total. The molecule has 2 nitrogen and oxygen atoms in total. The van der Waals surface area contributed by atoms with Crippen molar-refractivity contribution in [1.82, 2.24) is 0 Å². The van der Waals surface area contributed by atoms with Crippen molar-refractivity contribution < 1.29 is 4.74 Å². The second kappa shape index (κ2) is 4.14. The van der Waals surface area contributed by atoms with Crippen molar-refractivity contribution in [2.24, 2.45) is 0 Å². The van der Waals surface area contributed by atoms with Crippen LogP contribution in [0.25, 0.3) is 0 Å². The molecule has 1 aliphatic heterocycles. The monoisotopic (exact) mass is 313 g/mol. The smallest absolute Gasteiger partial charge is 0.150 e. The second-order valence-corrected chi connectivity index (χ2v) is 3.22. The first kappa shape index (κ1) is 10.4. The van der Waals surface area contributed by atoms with E-state index in [0.717, 1.165) is 22.9 Å². The van der Waals surface area contributed by atoms with Crippen LogP contribution in [0.15, 0.2) is 48.5 Å². The minimum absolute atomic E-state index is 0. The molecule has 0 aliphatic carbocycles. The van der Waals surface area contributed by atoms with Crippen molar-refractivity contribution in [3.63, 3.8) is 0 Å². The van der Waals surface area contributed by atoms with Gasteiger partial charge in [0.1, 0.15) is 0 Å². The van der Waals surface area contributed by atoms with Crippen LogP contribution in [0.5, 0.6) is 11.5 Å². The molecule has 15 heavy (non-hydrogen) atoms. The predicted molar refractivity (Wildman–Crippen MR) is 62.0 cm³/mol. The van der Waals surface area contributed by atoms with E-state index in [4.69, 9.17) is 4.74 Å². The number of rotatable bonds is 0. The molecule has 0 unspecified atom stereocenters. The third-order valence-electron chi connectivity index (χ3n) is 2.26. The summed E-state index contributed by atoms with van der Waals surface area (Å²) < 4.78 is 5.71. The summed E-state index contributed by atoms with van der Waals surface area (Å²) in [5.41, 5.74) is 2.04. The fourth-order valence-corrected chi connectivity index (χ4v) is 1.58. The summed E-state index contributed by atoms with van der Waals surface area (Å²) in [6.45, 7) is 0. The van der Waals surface area contributed by atoms with E-state index in [0.29, 0.717) is 0 Å². The number of para-hydroxylation sites is 4. The Morgan fingerprint density at radius 3 is 1.73 bits per heavy atom. The molecule has 0 bridgehead atoms. The Balaban J connectivity index is 0.000000853. The molecule has 0 atom stereocenters. The van der Waals surface area contributed by atoms with Crippen LogP contribution in [-0.4, -0.2) is 23.7 Å². The maximum Gasteiger partial charge on any atom is 0.150 e. The van der Waals surface area contributed by atoms with Gasteiger partial charge in [0.15, 0.2) is 11.5 Å². The molecule has 0 aromatic heterocycles. The molecule has 0 fully saturated rings. The van der Waals surface area contributed by atoms with Crippen molar-refractivity contribution >= 4 is 35.0 Å². The molecule has 0 spiro atoms. The maximum absolute atomic E-state index is 5.71. The largest absolute Gasteiger partial charge is 0.453 e. The van der Waals surface area contributed by atoms with E-state index in [1.54, 1.807) is 0 Å². The van der Waals surface area contributed by atoms with E-state index in [-0.39, 0.29) is 23.7 Å². The maximum atomic E-state index is 5.71. The van der Waals surface area contributed by atoms with E-state index in [1.165, 1.54) is 0 Å². The second-order valence-electron chi connectivity index (χ2n) is 3.22. The molecule has 0 saturated carbocycles. The van der Waals surface area contributed by atoms with Crippen LogP contribution in [-0.2, 0) is 0 Å². The summed E-state index contributed by atoms with van der Waals surface area (Å²) in [5.74, 6) is 1.76. The first-order chi connectivity index (χ1) is 6.93. The van der Waals surface area contributed by atoms with E-state index in [1.807, 2.05) is 48.5 Å². The topological polar surface area (TPSA) is 21.3 Å². The summed E-state index contributed by atoms with van der Waals surface area (Å²) in [5, 5.41) is 3.32. The van der Waals surface area contributed by atoms with Gasteiger partial charge in [-0.3, -0.25) is 0 Å². The Morgan fingerprint density at radius 1 is 0.733 bits per heavy atom. The number of ether oxygens (including phenoxy) is 1. The third kappa shape index (κ3) is 1.81. The zero-order valence-electron chi connectivity index (χ0n) is 7.94. The molecule has 3 rings (SSSR count). The van der Waals surface area contributed by atoms with Gasteiger partial charge in [-0.1, -0.05) is 24.3 Å². The van der Waals surface area contributed by atoms with Gasteiger partial charge in [0, 0.05) is 23.7 Å². The van der Waals surface area contributed by atoms with Crippen LogP contribution >= 0.6 is 0 Å². The number of hydrogen-bond acceptors (Lipinski definition) is 2. The SMILES string of the molecule is [Te].c1ccc2c(c1)Nc1ccccc1O2. The quantitative estimate of drug-likeness (QED) is 0.644. The number of nitrogens with one attached hydrogen (secondary N) is 1. The summed E-state index contributed by atoms with van der Waals surface area (Å²) >= 11 is 0. The standard InChI is InChI=1S/C12H9NO.Te/c1-3-7-11-9(5-1)13-10-6-2-4-8-12(10)14-11;/h1-8,13H;. The first-order valence-corrected chi connectivity index (χ1v) is 4.56. The van der Waals surface area contributed by atoms with Crippen LogP contribution in [0.3, 0.4) is 0 Å². The molecule has 1 heterocycles. The van der Waals surface area contributed by atoms with Crippen molar-refractivity contribution in [3.8, 4) is 11.5 Å². The number of hydrogen-bond donors (Lipinski definition) is 1. The van der Waals surface area contributed by atoms with Gasteiger partial charge in [0.2, 0.25) is 0 Å². The van der Waals surface area contributed by atoms with Gasteiger partial charge in [-0.2, -0.15) is 0 Å². The zero-order chi connectivity index (χ0) is 9.38. The average molecular weight is 311 g/mol. The van der Waals surface area contributed by atoms with Crippen molar-refractivity contribution in [2.45, 2.75) is 0 Å². The normalized spacial score (nSPS) is 11.2. The van der Waals surface area contributed by atoms with E-state index < -0.39 is 0 Å². The van der Waals surface area contributed by atoms with Crippen molar-refractivity contribution in [1.29, 1.82) is 0 Å². The van der Waals surface area contributed by atoms with Crippen LogP contribution in [0.4, 0.5) is 11.4 Å². The summed E-state index contributed by atoms with van der Waals surface area (Å²) in [6.07, 6.45) is 0. The number of benzene rings is 2. The zero-order valence-corrected chi connectivity index (χ0v) is 10.3. The van der Waals surface area contributed by atoms with Gasteiger partial charge in [-0.15, -0.1) is 0 Å². The van der Waals surface area contributed by atoms with Gasteiger partial charge in [0.25, 0.3) is 0 Å². The number of fused-ring (bicyclic) bond motifs is 2. The van der Waals surface area contributed by atoms with Gasteiger partial charge in [-0.25, -0.2) is 0 Å². The fourth-order valence-electron chi connectivity index (χ4n) is 1.58. The van der Waals surface area contributed by atoms with Gasteiger partial charge >= 0.3 is 0 Å². The molecular formula is C12H9NOTe. The van der Waals surface area contributed by atoms with E-state index in [9.17, 15) is 0 Å². The summed E-state index contributed by atoms with van der Waals surface area (Å²) in [4.78, 5) is 0. The van der Waals surface area contributed by atoms with Crippen molar-refractivity contribution in [3.05, 3.63) is 48.5 Å². The van der Waals surface area contributed by atoms with Gasteiger partial charge in [0.05, 0.1) is 11.4 Å². The molecule has 74 valence electrons. The van der Waals surface area contributed by atoms with E-state index in [2.05, 4.69) is 5.32 Å². The summed E-state index contributed by atoms with van der Waals surface area (Å²) in [7, 11) is 0. The predicted octanol–water partition coefficient (Wildman–Crippen LogP) is 3.16. The van der Waals surface area contributed by atoms with Gasteiger partial charge < -0.3 is 10.1 Å². The van der Waals surface area contributed by atoms with E-state index >= 15 is 0 Å². The van der Waals surface area contributed by atoms with Crippen LogP contribution < -0.4 is 10.1 Å². The average Bonchev–Trinajstić information content (AvgIpc) is 2.26. The molecule has 0 amide bonds. The fraction of sp³-hybridized carbons (Fsp3) is 0. The summed E-state index contributed by atoms with van der Waals surface area (Å²) in [6, 6.07) is 15.8. The minimum atomic E-state index is 0. The van der Waals surface area contributed by atoms with Crippen molar-refractivity contribution in [2.75, 3.05) is 5.32 Å². The molecule has 3 heteroatoms. The molecule has 2 aromatic carbocycles. The minimum Gasteiger partial charge on any atom is -0.453 e.